The molecule has 0 saturated carbocycles. The van der Waals surface area contributed by atoms with Crippen LogP contribution in [-0.4, -0.2) is 9.97 Å². The molecular formula is C15H15N3S. The Balaban J connectivity index is 1.84. The molecule has 0 fully saturated rings. The number of aromatic nitrogens is 2. The molecule has 19 heavy (non-hydrogen) atoms. The Morgan fingerprint density at radius 1 is 1.05 bits per heavy atom. The highest BCUT2D eigenvalue weighted by Gasteiger charge is 2.08. The predicted octanol–water partition coefficient (Wildman–Crippen LogP) is 4.17. The lowest BCUT2D eigenvalue weighted by molar-refractivity contribution is 0.908. The molecule has 0 aliphatic carbocycles. The van der Waals surface area contributed by atoms with Crippen LogP contribution in [0.2, 0.25) is 0 Å². The van der Waals surface area contributed by atoms with E-state index in [1.165, 1.54) is 9.75 Å². The summed E-state index contributed by atoms with van der Waals surface area (Å²) in [5.74, 6) is 0. The summed E-state index contributed by atoms with van der Waals surface area (Å²) in [4.78, 5) is 11.3. The second-order valence-corrected chi connectivity index (χ2v) is 5.89. The summed E-state index contributed by atoms with van der Waals surface area (Å²) in [6.45, 7) is 4.30. The summed E-state index contributed by atoms with van der Waals surface area (Å²) in [6, 6.07) is 10.7. The Morgan fingerprint density at radius 3 is 2.58 bits per heavy atom. The normalized spacial score (nSPS) is 12.5. The second kappa shape index (κ2) is 4.97. The van der Waals surface area contributed by atoms with E-state index in [4.69, 9.17) is 0 Å². The third-order valence-electron chi connectivity index (χ3n) is 3.04. The number of nitrogens with one attached hydrogen (secondary N) is 1. The Kier molecular flexibility index (Phi) is 3.17. The highest BCUT2D eigenvalue weighted by molar-refractivity contribution is 7.12. The maximum Gasteiger partial charge on any atom is 0.0907 e. The quantitative estimate of drug-likeness (QED) is 0.775. The molecule has 0 amide bonds. The van der Waals surface area contributed by atoms with E-state index in [0.717, 1.165) is 16.7 Å². The molecule has 1 N–H and O–H groups in total. The molecule has 3 nitrogen and oxygen atoms in total. The highest BCUT2D eigenvalue weighted by atomic mass is 32.1. The average molecular weight is 269 g/mol. The smallest absolute Gasteiger partial charge is 0.0907 e. The van der Waals surface area contributed by atoms with Crippen molar-refractivity contribution in [2.75, 3.05) is 5.32 Å². The van der Waals surface area contributed by atoms with Gasteiger partial charge in [-0.25, -0.2) is 0 Å². The van der Waals surface area contributed by atoms with Gasteiger partial charge in [-0.1, -0.05) is 0 Å². The van der Waals surface area contributed by atoms with Crippen LogP contribution >= 0.6 is 11.3 Å². The van der Waals surface area contributed by atoms with Crippen molar-refractivity contribution in [3.63, 3.8) is 0 Å². The van der Waals surface area contributed by atoms with Gasteiger partial charge in [0.25, 0.3) is 0 Å². The van der Waals surface area contributed by atoms with E-state index in [0.29, 0.717) is 6.04 Å². The van der Waals surface area contributed by atoms with Gasteiger partial charge in [0.1, 0.15) is 0 Å². The van der Waals surface area contributed by atoms with Crippen molar-refractivity contribution in [1.29, 1.82) is 0 Å². The third kappa shape index (κ3) is 2.58. The van der Waals surface area contributed by atoms with Gasteiger partial charge >= 0.3 is 0 Å². The lowest BCUT2D eigenvalue weighted by Crippen LogP contribution is -2.04. The standard InChI is InChI=1S/C15H15N3S/c1-10-3-6-15(19-10)11(2)18-12-4-5-13-14(9-12)17-8-7-16-13/h3-9,11,18H,1-2H3. The number of hydrogen-bond acceptors (Lipinski definition) is 4. The molecule has 3 aromatic rings. The Bertz CT molecular complexity index is 705. The van der Waals surface area contributed by atoms with E-state index in [-0.39, 0.29) is 0 Å². The van der Waals surface area contributed by atoms with Crippen LogP contribution in [0.1, 0.15) is 22.7 Å². The average Bonchev–Trinajstić information content (AvgIpc) is 2.85. The van der Waals surface area contributed by atoms with E-state index >= 15 is 0 Å². The van der Waals surface area contributed by atoms with Gasteiger partial charge in [-0.15, -0.1) is 11.3 Å². The fourth-order valence-corrected chi connectivity index (χ4v) is 2.94. The first-order valence-corrected chi connectivity index (χ1v) is 7.08. The minimum absolute atomic E-state index is 0.299. The van der Waals surface area contributed by atoms with Crippen LogP contribution in [0, 0.1) is 6.92 Å². The van der Waals surface area contributed by atoms with E-state index in [1.54, 1.807) is 12.4 Å². The highest BCUT2D eigenvalue weighted by Crippen LogP contribution is 2.26. The van der Waals surface area contributed by atoms with Crippen LogP contribution in [0.15, 0.2) is 42.7 Å². The van der Waals surface area contributed by atoms with Gasteiger partial charge in [-0.2, -0.15) is 0 Å². The number of anilines is 1. The van der Waals surface area contributed by atoms with Crippen molar-refractivity contribution >= 4 is 28.1 Å². The van der Waals surface area contributed by atoms with E-state index in [9.17, 15) is 0 Å². The van der Waals surface area contributed by atoms with Crippen molar-refractivity contribution < 1.29 is 0 Å². The summed E-state index contributed by atoms with van der Waals surface area (Å²) in [5.41, 5.74) is 2.92. The van der Waals surface area contributed by atoms with Crippen LogP contribution < -0.4 is 5.32 Å². The molecule has 0 spiro atoms. The molecule has 96 valence electrons. The number of nitrogens with zero attached hydrogens (tertiary/aromatic N) is 2. The fraction of sp³-hybridized carbons (Fsp3) is 0.200. The second-order valence-electron chi connectivity index (χ2n) is 4.57. The van der Waals surface area contributed by atoms with Gasteiger partial charge in [0.2, 0.25) is 0 Å². The first-order chi connectivity index (χ1) is 9.22. The maximum absolute atomic E-state index is 4.33. The monoisotopic (exact) mass is 269 g/mol. The number of benzene rings is 1. The lowest BCUT2D eigenvalue weighted by atomic mass is 10.2. The molecule has 4 heteroatoms. The van der Waals surface area contributed by atoms with Crippen molar-refractivity contribution in [2.45, 2.75) is 19.9 Å². The molecule has 1 atom stereocenters. The summed E-state index contributed by atoms with van der Waals surface area (Å²) < 4.78 is 0. The van der Waals surface area contributed by atoms with Gasteiger partial charge < -0.3 is 5.32 Å². The molecular weight excluding hydrogens is 254 g/mol. The summed E-state index contributed by atoms with van der Waals surface area (Å²) in [6.07, 6.45) is 3.44. The SMILES string of the molecule is Cc1ccc(C(C)Nc2ccc3nccnc3c2)s1. The van der Waals surface area contributed by atoms with Crippen LogP contribution in [0.25, 0.3) is 11.0 Å². The zero-order valence-electron chi connectivity index (χ0n) is 10.9. The summed E-state index contributed by atoms with van der Waals surface area (Å²) in [5, 5.41) is 3.51. The molecule has 2 aromatic heterocycles. The molecule has 1 unspecified atom stereocenters. The van der Waals surface area contributed by atoms with E-state index < -0.39 is 0 Å². The van der Waals surface area contributed by atoms with Crippen molar-refractivity contribution in [2.24, 2.45) is 0 Å². The molecule has 1 aromatic carbocycles. The van der Waals surface area contributed by atoms with Gasteiger partial charge in [0.15, 0.2) is 0 Å². The van der Waals surface area contributed by atoms with Gasteiger partial charge in [-0.05, 0) is 44.2 Å². The van der Waals surface area contributed by atoms with E-state index in [1.807, 2.05) is 29.5 Å². The lowest BCUT2D eigenvalue weighted by Gasteiger charge is -2.13. The maximum atomic E-state index is 4.33. The predicted molar refractivity (Wildman–Crippen MR) is 80.6 cm³/mol. The van der Waals surface area contributed by atoms with Crippen molar-refractivity contribution in [3.8, 4) is 0 Å². The Morgan fingerprint density at radius 2 is 1.84 bits per heavy atom. The third-order valence-corrected chi connectivity index (χ3v) is 4.22. The van der Waals surface area contributed by atoms with Crippen LogP contribution in [0.3, 0.4) is 0 Å². The van der Waals surface area contributed by atoms with Gasteiger partial charge in [-0.3, -0.25) is 9.97 Å². The van der Waals surface area contributed by atoms with Gasteiger partial charge in [0.05, 0.1) is 17.1 Å². The number of aryl methyl sites for hydroxylation is 1. The van der Waals surface area contributed by atoms with Crippen molar-refractivity contribution in [3.05, 3.63) is 52.5 Å². The Hall–Kier alpha value is -1.94. The van der Waals surface area contributed by atoms with E-state index in [2.05, 4.69) is 41.3 Å². The van der Waals surface area contributed by atoms with Gasteiger partial charge in [0, 0.05) is 27.8 Å². The number of hydrogen-bond donors (Lipinski definition) is 1. The molecule has 3 rings (SSSR count). The fourth-order valence-electron chi connectivity index (χ4n) is 2.06. The molecule has 0 radical (unpaired) electrons. The van der Waals surface area contributed by atoms with Crippen LogP contribution in [-0.2, 0) is 0 Å². The zero-order valence-corrected chi connectivity index (χ0v) is 11.7. The topological polar surface area (TPSA) is 37.8 Å². The first-order valence-electron chi connectivity index (χ1n) is 6.26. The summed E-state index contributed by atoms with van der Waals surface area (Å²) in [7, 11) is 0. The molecule has 0 aliphatic rings. The van der Waals surface area contributed by atoms with Crippen molar-refractivity contribution in [1.82, 2.24) is 9.97 Å². The zero-order chi connectivity index (χ0) is 13.2. The molecule has 0 bridgehead atoms. The number of fused-ring (bicyclic) bond motifs is 1. The number of thiophene rings is 1. The Labute approximate surface area is 116 Å². The molecule has 0 aliphatic heterocycles. The number of rotatable bonds is 3. The molecule has 2 heterocycles. The minimum Gasteiger partial charge on any atom is -0.378 e. The summed E-state index contributed by atoms with van der Waals surface area (Å²) >= 11 is 1.83. The largest absolute Gasteiger partial charge is 0.378 e. The first kappa shape index (κ1) is 12.1. The van der Waals surface area contributed by atoms with Crippen LogP contribution in [0.4, 0.5) is 5.69 Å². The molecule has 0 saturated heterocycles. The van der Waals surface area contributed by atoms with Crippen LogP contribution in [0.5, 0.6) is 0 Å². The minimum atomic E-state index is 0.299.